The molecule has 0 atom stereocenters. The Hall–Kier alpha value is -1.34. The number of nitrogens with zero attached hydrogens (tertiary/aromatic N) is 3. The molecule has 1 N–H and O–H groups in total. The van der Waals surface area contributed by atoms with E-state index in [1.807, 2.05) is 7.05 Å². The molecule has 0 amide bonds. The molecule has 3 rings (SSSR count). The van der Waals surface area contributed by atoms with Gasteiger partial charge in [0.15, 0.2) is 5.69 Å². The van der Waals surface area contributed by atoms with Crippen LogP contribution in [0.3, 0.4) is 0 Å². The van der Waals surface area contributed by atoms with E-state index in [2.05, 4.69) is 20.9 Å². The predicted octanol–water partition coefficient (Wildman–Crippen LogP) is 1.34. The molecule has 0 radical (unpaired) electrons. The van der Waals surface area contributed by atoms with Gasteiger partial charge in [-0.3, -0.25) is 0 Å². The van der Waals surface area contributed by atoms with E-state index in [1.165, 1.54) is 31.4 Å². The Bertz CT molecular complexity index is 476. The lowest BCUT2D eigenvalue weighted by atomic mass is 10.0. The summed E-state index contributed by atoms with van der Waals surface area (Å²) in [6, 6.07) is 2.27. The van der Waals surface area contributed by atoms with Crippen molar-refractivity contribution >= 4 is 0 Å². The molecule has 0 saturated heterocycles. The van der Waals surface area contributed by atoms with E-state index in [4.69, 9.17) is 0 Å². The summed E-state index contributed by atoms with van der Waals surface area (Å²) in [6.45, 7) is 2.03. The van der Waals surface area contributed by atoms with Crippen molar-refractivity contribution in [2.75, 3.05) is 13.6 Å². The number of nitriles is 1. The van der Waals surface area contributed by atoms with Gasteiger partial charge in [0, 0.05) is 18.5 Å². The zero-order valence-electron chi connectivity index (χ0n) is 10.3. The second kappa shape index (κ2) is 3.85. The average molecular weight is 230 g/mol. The lowest BCUT2D eigenvalue weighted by molar-refractivity contribution is 0.476. The Morgan fingerprint density at radius 3 is 2.94 bits per heavy atom. The Morgan fingerprint density at radius 2 is 2.29 bits per heavy atom. The van der Waals surface area contributed by atoms with E-state index in [9.17, 15) is 5.26 Å². The van der Waals surface area contributed by atoms with E-state index in [1.54, 1.807) is 0 Å². The van der Waals surface area contributed by atoms with Crippen molar-refractivity contribution in [3.05, 3.63) is 17.2 Å². The second-order valence-corrected chi connectivity index (χ2v) is 5.26. The monoisotopic (exact) mass is 230 g/mol. The van der Waals surface area contributed by atoms with Crippen LogP contribution in [0.15, 0.2) is 0 Å². The van der Waals surface area contributed by atoms with Crippen molar-refractivity contribution in [2.45, 2.75) is 44.1 Å². The lowest BCUT2D eigenvalue weighted by Gasteiger charge is -2.21. The number of rotatable bonds is 3. The second-order valence-electron chi connectivity index (χ2n) is 5.26. The summed E-state index contributed by atoms with van der Waals surface area (Å²) < 4.78 is 2.33. The van der Waals surface area contributed by atoms with Crippen LogP contribution in [0.5, 0.6) is 0 Å². The average Bonchev–Trinajstić information content (AvgIpc) is 3.04. The minimum absolute atomic E-state index is 0.218. The summed E-state index contributed by atoms with van der Waals surface area (Å²) in [5, 5.41) is 12.4. The molecule has 0 aromatic carbocycles. The number of hydrogen-bond donors (Lipinski definition) is 1. The molecule has 1 aliphatic heterocycles. The topological polar surface area (TPSA) is 53.6 Å². The first kappa shape index (κ1) is 10.8. The van der Waals surface area contributed by atoms with Crippen LogP contribution in [0.25, 0.3) is 0 Å². The van der Waals surface area contributed by atoms with Crippen molar-refractivity contribution in [3.63, 3.8) is 0 Å². The highest BCUT2D eigenvalue weighted by molar-refractivity contribution is 5.35. The van der Waals surface area contributed by atoms with Crippen LogP contribution in [-0.2, 0) is 18.4 Å². The molecule has 4 heteroatoms. The normalized spacial score (nSPS) is 20.7. The summed E-state index contributed by atoms with van der Waals surface area (Å²) in [4.78, 5) is 4.62. The maximum atomic E-state index is 9.18. The molecule has 0 bridgehead atoms. The predicted molar refractivity (Wildman–Crippen MR) is 64.7 cm³/mol. The molecular weight excluding hydrogens is 212 g/mol. The first-order valence-electron chi connectivity index (χ1n) is 6.45. The minimum atomic E-state index is 0.218. The van der Waals surface area contributed by atoms with E-state index < -0.39 is 0 Å². The number of fused-ring (bicyclic) bond motifs is 1. The third kappa shape index (κ3) is 1.57. The molecule has 1 saturated carbocycles. The molecule has 0 unspecified atom stereocenters. The van der Waals surface area contributed by atoms with E-state index >= 15 is 0 Å². The SMILES string of the molecule is CNCC1(c2nc(C#N)c3n2CCCC3)CC1. The van der Waals surface area contributed by atoms with Crippen molar-refractivity contribution < 1.29 is 0 Å². The molecule has 0 spiro atoms. The van der Waals surface area contributed by atoms with Gasteiger partial charge in [-0.2, -0.15) is 5.26 Å². The Balaban J connectivity index is 2.06. The summed E-state index contributed by atoms with van der Waals surface area (Å²) in [5.41, 5.74) is 2.06. The van der Waals surface area contributed by atoms with Gasteiger partial charge in [-0.25, -0.2) is 4.98 Å². The van der Waals surface area contributed by atoms with E-state index in [-0.39, 0.29) is 5.41 Å². The van der Waals surface area contributed by atoms with E-state index in [0.717, 1.165) is 25.3 Å². The van der Waals surface area contributed by atoms with Gasteiger partial charge in [-0.1, -0.05) is 0 Å². The van der Waals surface area contributed by atoms with Crippen LogP contribution in [0.4, 0.5) is 0 Å². The number of likely N-dealkylation sites (N-methyl/N-ethyl adjacent to an activating group) is 1. The zero-order valence-corrected chi connectivity index (χ0v) is 10.3. The van der Waals surface area contributed by atoms with Crippen LogP contribution < -0.4 is 5.32 Å². The van der Waals surface area contributed by atoms with Crippen molar-refractivity contribution in [2.24, 2.45) is 0 Å². The fourth-order valence-corrected chi connectivity index (χ4v) is 3.01. The largest absolute Gasteiger partial charge is 0.330 e. The third-order valence-corrected chi connectivity index (χ3v) is 4.07. The summed E-state index contributed by atoms with van der Waals surface area (Å²) >= 11 is 0. The molecule has 17 heavy (non-hydrogen) atoms. The standard InChI is InChI=1S/C13H18N4/c1-15-9-13(5-6-13)12-16-10(8-14)11-4-2-3-7-17(11)12/h15H,2-7,9H2,1H3. The Kier molecular flexibility index (Phi) is 2.44. The van der Waals surface area contributed by atoms with Crippen molar-refractivity contribution in [1.82, 2.24) is 14.9 Å². The number of aromatic nitrogens is 2. The van der Waals surface area contributed by atoms with Crippen LogP contribution in [0.2, 0.25) is 0 Å². The fourth-order valence-electron chi connectivity index (χ4n) is 3.01. The summed E-state index contributed by atoms with van der Waals surface area (Å²) in [5.74, 6) is 1.16. The van der Waals surface area contributed by atoms with Gasteiger partial charge in [0.2, 0.25) is 0 Å². The summed E-state index contributed by atoms with van der Waals surface area (Å²) in [7, 11) is 1.99. The molecule has 2 aliphatic rings. The number of nitrogens with one attached hydrogen (secondary N) is 1. The third-order valence-electron chi connectivity index (χ3n) is 4.07. The van der Waals surface area contributed by atoms with Crippen LogP contribution in [0.1, 0.15) is 42.9 Å². The van der Waals surface area contributed by atoms with Gasteiger partial charge in [-0.05, 0) is 39.2 Å². The zero-order chi connectivity index (χ0) is 11.9. The molecule has 1 aromatic rings. The molecule has 90 valence electrons. The highest BCUT2D eigenvalue weighted by Gasteiger charge is 2.48. The lowest BCUT2D eigenvalue weighted by Crippen LogP contribution is -2.28. The molecule has 2 heterocycles. The van der Waals surface area contributed by atoms with Gasteiger partial charge in [-0.15, -0.1) is 0 Å². The van der Waals surface area contributed by atoms with Gasteiger partial charge in [0.05, 0.1) is 5.69 Å². The number of hydrogen-bond acceptors (Lipinski definition) is 3. The maximum Gasteiger partial charge on any atom is 0.162 e. The molecule has 1 aliphatic carbocycles. The van der Waals surface area contributed by atoms with E-state index in [0.29, 0.717) is 5.69 Å². The van der Waals surface area contributed by atoms with Gasteiger partial charge < -0.3 is 9.88 Å². The Morgan fingerprint density at radius 1 is 1.47 bits per heavy atom. The molecular formula is C13H18N4. The molecule has 1 fully saturated rings. The minimum Gasteiger partial charge on any atom is -0.330 e. The van der Waals surface area contributed by atoms with Crippen LogP contribution in [0, 0.1) is 11.3 Å². The smallest absolute Gasteiger partial charge is 0.162 e. The Labute approximate surface area is 102 Å². The van der Waals surface area contributed by atoms with Crippen molar-refractivity contribution in [1.29, 1.82) is 5.26 Å². The van der Waals surface area contributed by atoms with Crippen LogP contribution >= 0.6 is 0 Å². The van der Waals surface area contributed by atoms with Crippen molar-refractivity contribution in [3.8, 4) is 6.07 Å². The highest BCUT2D eigenvalue weighted by Crippen LogP contribution is 2.48. The van der Waals surface area contributed by atoms with Gasteiger partial charge >= 0.3 is 0 Å². The maximum absolute atomic E-state index is 9.18. The molecule has 1 aromatic heterocycles. The van der Waals surface area contributed by atoms with Crippen LogP contribution in [-0.4, -0.2) is 23.1 Å². The first-order valence-corrected chi connectivity index (χ1v) is 6.45. The quantitative estimate of drug-likeness (QED) is 0.852. The van der Waals surface area contributed by atoms with Gasteiger partial charge in [0.25, 0.3) is 0 Å². The first-order chi connectivity index (χ1) is 8.30. The highest BCUT2D eigenvalue weighted by atomic mass is 15.1. The summed E-state index contributed by atoms with van der Waals surface area (Å²) in [6.07, 6.45) is 5.84. The molecule has 4 nitrogen and oxygen atoms in total. The fraction of sp³-hybridized carbons (Fsp3) is 0.692. The van der Waals surface area contributed by atoms with Gasteiger partial charge in [0.1, 0.15) is 11.9 Å². The number of imidazole rings is 1.